The van der Waals surface area contributed by atoms with Crippen LogP contribution in [0.4, 0.5) is 0 Å². The number of piperazine rings is 1. The average molecular weight is 234 g/mol. The topological polar surface area (TPSA) is 49.4 Å². The largest absolute Gasteiger partial charge is 0.314 e. The first kappa shape index (κ1) is 12.9. The molecule has 0 aromatic rings. The third-order valence-electron chi connectivity index (χ3n) is 2.98. The van der Waals surface area contributed by atoms with Crippen molar-refractivity contribution in [2.45, 2.75) is 26.3 Å². The van der Waals surface area contributed by atoms with Gasteiger partial charge in [-0.15, -0.1) is 0 Å². The maximum atomic E-state index is 11.3. The lowest BCUT2D eigenvalue weighted by molar-refractivity contribution is 0.174. The molecule has 5 heteroatoms. The molecule has 1 unspecified atom stereocenters. The summed E-state index contributed by atoms with van der Waals surface area (Å²) in [5.74, 6) is 0.601. The van der Waals surface area contributed by atoms with Crippen LogP contribution in [0, 0.1) is 0 Å². The molecule has 0 aliphatic carbocycles. The van der Waals surface area contributed by atoms with E-state index in [2.05, 4.69) is 17.1 Å². The molecule has 90 valence electrons. The Hall–Kier alpha value is -0.130. The molecule has 1 saturated heterocycles. The van der Waals surface area contributed by atoms with E-state index < -0.39 is 9.84 Å². The van der Waals surface area contributed by atoms with Gasteiger partial charge < -0.3 is 5.32 Å². The molecule has 0 aromatic heterocycles. The fourth-order valence-corrected chi connectivity index (χ4v) is 2.70. The van der Waals surface area contributed by atoms with E-state index in [-0.39, 0.29) is 5.75 Å². The summed E-state index contributed by atoms with van der Waals surface area (Å²) >= 11 is 0. The van der Waals surface area contributed by atoms with Crippen LogP contribution in [0.25, 0.3) is 0 Å². The second-order valence-corrected chi connectivity index (χ2v) is 6.65. The quantitative estimate of drug-likeness (QED) is 0.733. The van der Waals surface area contributed by atoms with Gasteiger partial charge in [-0.1, -0.05) is 6.92 Å². The molecule has 1 aliphatic heterocycles. The first-order valence-corrected chi connectivity index (χ1v) is 7.52. The number of nitrogens with one attached hydrogen (secondary N) is 1. The average Bonchev–Trinajstić information content (AvgIpc) is 2.21. The van der Waals surface area contributed by atoms with Gasteiger partial charge in [0, 0.05) is 31.4 Å². The first-order valence-electron chi connectivity index (χ1n) is 5.70. The fraction of sp³-hybridized carbons (Fsp3) is 1.00. The third-order valence-corrected chi connectivity index (χ3v) is 4.77. The van der Waals surface area contributed by atoms with E-state index in [4.69, 9.17) is 0 Å². The molecule has 1 N–H and O–H groups in total. The van der Waals surface area contributed by atoms with Crippen LogP contribution in [-0.2, 0) is 9.84 Å². The van der Waals surface area contributed by atoms with Gasteiger partial charge in [0.15, 0.2) is 0 Å². The zero-order valence-electron chi connectivity index (χ0n) is 9.70. The predicted octanol–water partition coefficient (Wildman–Crippen LogP) is 0.105. The summed E-state index contributed by atoms with van der Waals surface area (Å²) in [5, 5.41) is 3.32. The standard InChI is InChI=1S/C10H22N2O2S/c1-3-15(13,14)8-4-6-12-7-5-11-9-10(12)2/h10-11H,3-9H2,1-2H3. The van der Waals surface area contributed by atoms with Crippen molar-refractivity contribution in [3.05, 3.63) is 0 Å². The van der Waals surface area contributed by atoms with Crippen LogP contribution in [0.15, 0.2) is 0 Å². The summed E-state index contributed by atoms with van der Waals surface area (Å²) in [6.07, 6.45) is 0.764. The van der Waals surface area contributed by atoms with Crippen LogP contribution >= 0.6 is 0 Å². The minimum atomic E-state index is -2.78. The zero-order chi connectivity index (χ0) is 11.3. The van der Waals surface area contributed by atoms with E-state index in [0.717, 1.165) is 32.6 Å². The maximum Gasteiger partial charge on any atom is 0.150 e. The summed E-state index contributed by atoms with van der Waals surface area (Å²) in [6, 6.07) is 0.531. The molecule has 4 nitrogen and oxygen atoms in total. The molecule has 0 radical (unpaired) electrons. The van der Waals surface area contributed by atoms with Gasteiger partial charge in [0.2, 0.25) is 0 Å². The third kappa shape index (κ3) is 4.49. The highest BCUT2D eigenvalue weighted by molar-refractivity contribution is 7.91. The summed E-state index contributed by atoms with van der Waals surface area (Å²) in [4.78, 5) is 2.36. The zero-order valence-corrected chi connectivity index (χ0v) is 10.5. The van der Waals surface area contributed by atoms with Gasteiger partial charge in [-0.25, -0.2) is 8.42 Å². The maximum absolute atomic E-state index is 11.3. The SMILES string of the molecule is CCS(=O)(=O)CCCN1CCNCC1C. The van der Waals surface area contributed by atoms with E-state index in [1.54, 1.807) is 6.92 Å². The Morgan fingerprint density at radius 2 is 2.20 bits per heavy atom. The number of hydrogen-bond acceptors (Lipinski definition) is 4. The van der Waals surface area contributed by atoms with Crippen LogP contribution in [0.1, 0.15) is 20.3 Å². The van der Waals surface area contributed by atoms with Crippen LogP contribution in [0.3, 0.4) is 0 Å². The molecule has 1 aliphatic rings. The lowest BCUT2D eigenvalue weighted by atomic mass is 10.2. The molecule has 0 amide bonds. The Balaban J connectivity index is 2.25. The van der Waals surface area contributed by atoms with Crippen LogP contribution in [0.5, 0.6) is 0 Å². The van der Waals surface area contributed by atoms with Gasteiger partial charge in [0.05, 0.1) is 5.75 Å². The first-order chi connectivity index (χ1) is 7.05. The summed E-state index contributed by atoms with van der Waals surface area (Å²) in [6.45, 7) is 7.87. The summed E-state index contributed by atoms with van der Waals surface area (Å²) in [5.41, 5.74) is 0. The molecular weight excluding hydrogens is 212 g/mol. The van der Waals surface area contributed by atoms with E-state index in [1.807, 2.05) is 0 Å². The molecular formula is C10H22N2O2S. The van der Waals surface area contributed by atoms with Crippen LogP contribution in [-0.4, -0.2) is 57.0 Å². The van der Waals surface area contributed by atoms with Gasteiger partial charge >= 0.3 is 0 Å². The van der Waals surface area contributed by atoms with Gasteiger partial charge in [-0.3, -0.25) is 4.90 Å². The Bertz CT molecular complexity index is 277. The second kappa shape index (κ2) is 5.82. The number of hydrogen-bond donors (Lipinski definition) is 1. The Labute approximate surface area is 93.0 Å². The van der Waals surface area contributed by atoms with Crippen molar-refractivity contribution < 1.29 is 8.42 Å². The van der Waals surface area contributed by atoms with Crippen molar-refractivity contribution in [3.8, 4) is 0 Å². The van der Waals surface area contributed by atoms with Gasteiger partial charge in [0.25, 0.3) is 0 Å². The molecule has 0 bridgehead atoms. The van der Waals surface area contributed by atoms with Crippen molar-refractivity contribution >= 4 is 9.84 Å². The summed E-state index contributed by atoms with van der Waals surface area (Å²) < 4.78 is 22.6. The minimum Gasteiger partial charge on any atom is -0.314 e. The van der Waals surface area contributed by atoms with Crippen molar-refractivity contribution in [1.82, 2.24) is 10.2 Å². The van der Waals surface area contributed by atoms with E-state index >= 15 is 0 Å². The lowest BCUT2D eigenvalue weighted by Crippen LogP contribution is -2.50. The lowest BCUT2D eigenvalue weighted by Gasteiger charge is -2.33. The normalized spacial score (nSPS) is 24.3. The van der Waals surface area contributed by atoms with Gasteiger partial charge in [0.1, 0.15) is 9.84 Å². The van der Waals surface area contributed by atoms with Crippen molar-refractivity contribution in [2.24, 2.45) is 0 Å². The van der Waals surface area contributed by atoms with Crippen LogP contribution < -0.4 is 5.32 Å². The molecule has 1 atom stereocenters. The smallest absolute Gasteiger partial charge is 0.150 e. The highest BCUT2D eigenvalue weighted by Crippen LogP contribution is 2.04. The van der Waals surface area contributed by atoms with E-state index in [1.165, 1.54) is 0 Å². The monoisotopic (exact) mass is 234 g/mol. The highest BCUT2D eigenvalue weighted by atomic mass is 32.2. The highest BCUT2D eigenvalue weighted by Gasteiger charge is 2.17. The summed E-state index contributed by atoms with van der Waals surface area (Å²) in [7, 11) is -2.78. The van der Waals surface area contributed by atoms with Crippen molar-refractivity contribution in [2.75, 3.05) is 37.7 Å². The second-order valence-electron chi connectivity index (χ2n) is 4.18. The van der Waals surface area contributed by atoms with E-state index in [9.17, 15) is 8.42 Å². The molecule has 0 saturated carbocycles. The Kier molecular flexibility index (Phi) is 5.02. The van der Waals surface area contributed by atoms with Crippen molar-refractivity contribution in [3.63, 3.8) is 0 Å². The number of rotatable bonds is 5. The Morgan fingerprint density at radius 1 is 1.47 bits per heavy atom. The fourth-order valence-electron chi connectivity index (χ4n) is 1.85. The molecule has 1 fully saturated rings. The minimum absolute atomic E-state index is 0.268. The Morgan fingerprint density at radius 3 is 2.80 bits per heavy atom. The van der Waals surface area contributed by atoms with Crippen LogP contribution in [0.2, 0.25) is 0 Å². The van der Waals surface area contributed by atoms with Gasteiger partial charge in [-0.05, 0) is 19.9 Å². The number of nitrogens with zero attached hydrogens (tertiary/aromatic N) is 1. The molecule has 15 heavy (non-hydrogen) atoms. The molecule has 1 rings (SSSR count). The molecule has 0 spiro atoms. The number of sulfone groups is 1. The molecule has 1 heterocycles. The predicted molar refractivity (Wildman–Crippen MR) is 62.8 cm³/mol. The van der Waals surface area contributed by atoms with E-state index in [0.29, 0.717) is 11.8 Å². The van der Waals surface area contributed by atoms with Crippen molar-refractivity contribution in [1.29, 1.82) is 0 Å². The molecule has 0 aromatic carbocycles. The van der Waals surface area contributed by atoms with Gasteiger partial charge in [-0.2, -0.15) is 0 Å².